The van der Waals surface area contributed by atoms with E-state index in [4.69, 9.17) is 0 Å². The van der Waals surface area contributed by atoms with E-state index < -0.39 is 0 Å². The summed E-state index contributed by atoms with van der Waals surface area (Å²) >= 11 is 0. The van der Waals surface area contributed by atoms with E-state index in [9.17, 15) is 0 Å². The minimum Gasteiger partial charge on any atom is -0.316 e. The molecule has 1 atom stereocenters. The Kier molecular flexibility index (Phi) is 5.62. The van der Waals surface area contributed by atoms with Crippen LogP contribution >= 0.6 is 0 Å². The van der Waals surface area contributed by atoms with E-state index in [1.54, 1.807) is 0 Å². The maximum absolute atomic E-state index is 3.56. The standard InChI is InChI=1S/C12H27N/c1-7-12(5,6)9-13-8-11(4)10(2)3/h10-11,13H,7-9H2,1-6H3. The van der Waals surface area contributed by atoms with Crippen LogP contribution in [0, 0.1) is 17.3 Å². The highest BCUT2D eigenvalue weighted by atomic mass is 14.9. The maximum Gasteiger partial charge on any atom is 0.000253 e. The van der Waals surface area contributed by atoms with Crippen LogP contribution in [0.15, 0.2) is 0 Å². The van der Waals surface area contributed by atoms with Crippen LogP contribution in [0.5, 0.6) is 0 Å². The first-order valence-electron chi connectivity index (χ1n) is 5.59. The molecule has 0 saturated heterocycles. The number of hydrogen-bond donors (Lipinski definition) is 1. The third-order valence-electron chi connectivity index (χ3n) is 3.17. The Morgan fingerprint density at radius 2 is 1.69 bits per heavy atom. The molecule has 0 bridgehead atoms. The molecule has 0 aromatic rings. The fraction of sp³-hybridized carbons (Fsp3) is 1.00. The molecule has 0 aromatic heterocycles. The van der Waals surface area contributed by atoms with Gasteiger partial charge in [-0.05, 0) is 30.2 Å². The molecule has 0 spiro atoms. The molecule has 0 aromatic carbocycles. The number of rotatable bonds is 6. The minimum atomic E-state index is 0.455. The quantitative estimate of drug-likeness (QED) is 0.669. The van der Waals surface area contributed by atoms with Crippen LogP contribution in [0.3, 0.4) is 0 Å². The van der Waals surface area contributed by atoms with Gasteiger partial charge in [0, 0.05) is 6.54 Å². The molecule has 0 fully saturated rings. The molecule has 0 aliphatic carbocycles. The lowest BCUT2D eigenvalue weighted by Crippen LogP contribution is -2.33. The van der Waals surface area contributed by atoms with Crippen molar-refractivity contribution in [3.63, 3.8) is 0 Å². The van der Waals surface area contributed by atoms with E-state index in [0.29, 0.717) is 5.41 Å². The molecule has 1 nitrogen and oxygen atoms in total. The topological polar surface area (TPSA) is 12.0 Å². The molecule has 0 amide bonds. The van der Waals surface area contributed by atoms with Crippen LogP contribution in [0.4, 0.5) is 0 Å². The van der Waals surface area contributed by atoms with Crippen molar-refractivity contribution in [2.75, 3.05) is 13.1 Å². The van der Waals surface area contributed by atoms with Gasteiger partial charge in [0.15, 0.2) is 0 Å². The van der Waals surface area contributed by atoms with Gasteiger partial charge in [-0.1, -0.05) is 41.5 Å². The normalized spacial score (nSPS) is 15.0. The highest BCUT2D eigenvalue weighted by Crippen LogP contribution is 2.18. The molecule has 0 rings (SSSR count). The Labute approximate surface area is 84.3 Å². The first kappa shape index (κ1) is 13.0. The van der Waals surface area contributed by atoms with Crippen molar-refractivity contribution in [1.29, 1.82) is 0 Å². The van der Waals surface area contributed by atoms with Gasteiger partial charge in [0.1, 0.15) is 0 Å². The van der Waals surface area contributed by atoms with Gasteiger partial charge in [-0.15, -0.1) is 0 Å². The van der Waals surface area contributed by atoms with Crippen LogP contribution < -0.4 is 5.32 Å². The smallest absolute Gasteiger partial charge is 0.000253 e. The predicted octanol–water partition coefficient (Wildman–Crippen LogP) is 3.30. The summed E-state index contributed by atoms with van der Waals surface area (Å²) < 4.78 is 0. The molecule has 1 N–H and O–H groups in total. The Bertz CT molecular complexity index is 127. The third-order valence-corrected chi connectivity index (χ3v) is 3.17. The van der Waals surface area contributed by atoms with Gasteiger partial charge in [-0.25, -0.2) is 0 Å². The van der Waals surface area contributed by atoms with Gasteiger partial charge >= 0.3 is 0 Å². The zero-order chi connectivity index (χ0) is 10.5. The maximum atomic E-state index is 3.56. The van der Waals surface area contributed by atoms with Crippen LogP contribution in [0.25, 0.3) is 0 Å². The number of hydrogen-bond acceptors (Lipinski definition) is 1. The zero-order valence-corrected chi connectivity index (χ0v) is 10.3. The Morgan fingerprint density at radius 3 is 2.08 bits per heavy atom. The first-order chi connectivity index (χ1) is 5.89. The fourth-order valence-corrected chi connectivity index (χ4v) is 0.999. The third kappa shape index (κ3) is 6.09. The van der Waals surface area contributed by atoms with Crippen molar-refractivity contribution in [2.45, 2.75) is 48.0 Å². The Balaban J connectivity index is 3.56. The van der Waals surface area contributed by atoms with E-state index in [1.165, 1.54) is 6.42 Å². The second-order valence-corrected chi connectivity index (χ2v) is 5.37. The van der Waals surface area contributed by atoms with Crippen molar-refractivity contribution in [3.8, 4) is 0 Å². The molecule has 0 heterocycles. The summed E-state index contributed by atoms with van der Waals surface area (Å²) in [5.41, 5.74) is 0.455. The van der Waals surface area contributed by atoms with Gasteiger partial charge in [0.2, 0.25) is 0 Å². The van der Waals surface area contributed by atoms with Crippen LogP contribution in [-0.4, -0.2) is 13.1 Å². The van der Waals surface area contributed by atoms with E-state index in [2.05, 4.69) is 46.9 Å². The van der Waals surface area contributed by atoms with Crippen molar-refractivity contribution in [3.05, 3.63) is 0 Å². The van der Waals surface area contributed by atoms with Crippen molar-refractivity contribution >= 4 is 0 Å². The molecule has 0 aliphatic heterocycles. The monoisotopic (exact) mass is 185 g/mol. The molecule has 13 heavy (non-hydrogen) atoms. The van der Waals surface area contributed by atoms with E-state index in [0.717, 1.165) is 24.9 Å². The summed E-state index contributed by atoms with van der Waals surface area (Å²) in [6, 6.07) is 0. The number of nitrogens with one attached hydrogen (secondary N) is 1. The van der Waals surface area contributed by atoms with Gasteiger partial charge in [0.05, 0.1) is 0 Å². The first-order valence-corrected chi connectivity index (χ1v) is 5.59. The molecular weight excluding hydrogens is 158 g/mol. The van der Waals surface area contributed by atoms with Crippen molar-refractivity contribution < 1.29 is 0 Å². The second-order valence-electron chi connectivity index (χ2n) is 5.37. The van der Waals surface area contributed by atoms with Gasteiger partial charge in [-0.3, -0.25) is 0 Å². The largest absolute Gasteiger partial charge is 0.316 e. The second kappa shape index (κ2) is 5.64. The van der Waals surface area contributed by atoms with Gasteiger partial charge in [0.25, 0.3) is 0 Å². The fourth-order valence-electron chi connectivity index (χ4n) is 0.999. The van der Waals surface area contributed by atoms with E-state index in [-0.39, 0.29) is 0 Å². The Hall–Kier alpha value is -0.0400. The van der Waals surface area contributed by atoms with Gasteiger partial charge < -0.3 is 5.32 Å². The lowest BCUT2D eigenvalue weighted by atomic mass is 9.90. The van der Waals surface area contributed by atoms with Crippen LogP contribution in [0.2, 0.25) is 0 Å². The molecule has 1 unspecified atom stereocenters. The average molecular weight is 185 g/mol. The van der Waals surface area contributed by atoms with Crippen LogP contribution in [0.1, 0.15) is 48.0 Å². The lowest BCUT2D eigenvalue weighted by molar-refractivity contribution is 0.303. The summed E-state index contributed by atoms with van der Waals surface area (Å²) in [6.45, 7) is 16.1. The predicted molar refractivity (Wildman–Crippen MR) is 60.9 cm³/mol. The summed E-state index contributed by atoms with van der Waals surface area (Å²) in [5, 5.41) is 3.56. The highest BCUT2D eigenvalue weighted by Gasteiger charge is 2.15. The molecule has 0 saturated carbocycles. The Morgan fingerprint density at radius 1 is 1.15 bits per heavy atom. The van der Waals surface area contributed by atoms with E-state index in [1.807, 2.05) is 0 Å². The van der Waals surface area contributed by atoms with E-state index >= 15 is 0 Å². The molecule has 80 valence electrons. The lowest BCUT2D eigenvalue weighted by Gasteiger charge is -2.25. The summed E-state index contributed by atoms with van der Waals surface area (Å²) in [6.07, 6.45) is 1.25. The van der Waals surface area contributed by atoms with Crippen LogP contribution in [-0.2, 0) is 0 Å². The van der Waals surface area contributed by atoms with Crippen molar-refractivity contribution in [1.82, 2.24) is 5.32 Å². The summed E-state index contributed by atoms with van der Waals surface area (Å²) in [5.74, 6) is 1.57. The zero-order valence-electron chi connectivity index (χ0n) is 10.3. The highest BCUT2D eigenvalue weighted by molar-refractivity contribution is 4.70. The van der Waals surface area contributed by atoms with Gasteiger partial charge in [-0.2, -0.15) is 0 Å². The molecular formula is C12H27N. The molecule has 0 radical (unpaired) electrons. The minimum absolute atomic E-state index is 0.455. The summed E-state index contributed by atoms with van der Waals surface area (Å²) in [4.78, 5) is 0. The molecule has 1 heteroatoms. The van der Waals surface area contributed by atoms with Crippen molar-refractivity contribution in [2.24, 2.45) is 17.3 Å². The summed E-state index contributed by atoms with van der Waals surface area (Å²) in [7, 11) is 0. The SMILES string of the molecule is CCC(C)(C)CNCC(C)C(C)C. The average Bonchev–Trinajstić information content (AvgIpc) is 2.04. The molecule has 0 aliphatic rings.